The Morgan fingerprint density at radius 3 is 2.54 bits per heavy atom. The lowest BCUT2D eigenvalue weighted by Crippen LogP contribution is -2.42. The van der Waals surface area contributed by atoms with Crippen LogP contribution >= 0.6 is 22.6 Å². The molecule has 0 aliphatic carbocycles. The molecular formula is C18H15FIN3O3. The number of rotatable bonds is 4. The molecule has 0 aromatic heterocycles. The number of urea groups is 1. The number of carbonyl (C=O) groups is 3. The van der Waals surface area contributed by atoms with E-state index in [4.69, 9.17) is 0 Å². The van der Waals surface area contributed by atoms with E-state index in [2.05, 4.69) is 33.2 Å². The summed E-state index contributed by atoms with van der Waals surface area (Å²) in [6.45, 7) is 0.962. The monoisotopic (exact) mass is 467 g/mol. The summed E-state index contributed by atoms with van der Waals surface area (Å²) in [5.74, 6) is -1.80. The van der Waals surface area contributed by atoms with E-state index in [9.17, 15) is 18.8 Å². The van der Waals surface area contributed by atoms with Crippen molar-refractivity contribution in [1.29, 1.82) is 0 Å². The van der Waals surface area contributed by atoms with Crippen LogP contribution in [0.1, 0.15) is 12.5 Å². The molecule has 6 nitrogen and oxygen atoms in total. The van der Waals surface area contributed by atoms with Gasteiger partial charge < -0.3 is 10.6 Å². The van der Waals surface area contributed by atoms with Crippen molar-refractivity contribution in [1.82, 2.24) is 10.2 Å². The molecule has 1 aliphatic rings. The van der Waals surface area contributed by atoms with E-state index in [0.717, 1.165) is 8.47 Å². The predicted molar refractivity (Wildman–Crippen MR) is 102 cm³/mol. The van der Waals surface area contributed by atoms with Crippen LogP contribution in [0.3, 0.4) is 0 Å². The van der Waals surface area contributed by atoms with Crippen molar-refractivity contribution in [2.24, 2.45) is 0 Å². The van der Waals surface area contributed by atoms with Crippen LogP contribution in [-0.2, 0) is 15.1 Å². The van der Waals surface area contributed by atoms with Crippen molar-refractivity contribution in [3.63, 3.8) is 0 Å². The van der Waals surface area contributed by atoms with Crippen molar-refractivity contribution in [2.45, 2.75) is 12.5 Å². The first kappa shape index (κ1) is 18.3. The Morgan fingerprint density at radius 2 is 1.85 bits per heavy atom. The second-order valence-electron chi connectivity index (χ2n) is 5.95. The highest BCUT2D eigenvalue weighted by molar-refractivity contribution is 14.1. The Labute approximate surface area is 162 Å². The first-order valence-corrected chi connectivity index (χ1v) is 8.84. The van der Waals surface area contributed by atoms with E-state index in [1.54, 1.807) is 18.2 Å². The summed E-state index contributed by atoms with van der Waals surface area (Å²) in [5.41, 5.74) is -0.912. The minimum absolute atomic E-state index is 0.0545. The maximum atomic E-state index is 14.1. The zero-order chi connectivity index (χ0) is 18.9. The van der Waals surface area contributed by atoms with Crippen molar-refractivity contribution in [3.05, 3.63) is 63.5 Å². The summed E-state index contributed by atoms with van der Waals surface area (Å²) in [7, 11) is 0. The summed E-state index contributed by atoms with van der Waals surface area (Å²) in [5, 5.41) is 5.15. The van der Waals surface area contributed by atoms with E-state index >= 15 is 0 Å². The molecule has 1 heterocycles. The van der Waals surface area contributed by atoms with Crippen LogP contribution in [0.5, 0.6) is 0 Å². The number of para-hydroxylation sites is 1. The lowest BCUT2D eigenvalue weighted by molar-refractivity contribution is -0.133. The lowest BCUT2D eigenvalue weighted by Gasteiger charge is -2.22. The Kier molecular flexibility index (Phi) is 4.94. The summed E-state index contributed by atoms with van der Waals surface area (Å²) >= 11 is 2.07. The number of carbonyl (C=O) groups excluding carboxylic acids is 3. The van der Waals surface area contributed by atoms with Crippen LogP contribution in [0.25, 0.3) is 0 Å². The van der Waals surface area contributed by atoms with Crippen LogP contribution in [0, 0.1) is 9.39 Å². The highest BCUT2D eigenvalue weighted by Gasteiger charge is 2.50. The van der Waals surface area contributed by atoms with E-state index < -0.39 is 35.7 Å². The number of hydrogen-bond donors (Lipinski definition) is 2. The molecule has 1 fully saturated rings. The van der Waals surface area contributed by atoms with E-state index in [1.165, 1.54) is 25.1 Å². The average Bonchev–Trinajstić information content (AvgIpc) is 2.81. The number of anilines is 1. The number of benzene rings is 2. The van der Waals surface area contributed by atoms with E-state index in [-0.39, 0.29) is 5.56 Å². The minimum atomic E-state index is -1.55. The summed E-state index contributed by atoms with van der Waals surface area (Å²) in [4.78, 5) is 38.0. The molecule has 0 saturated carbocycles. The predicted octanol–water partition coefficient (Wildman–Crippen LogP) is 2.84. The molecule has 8 heteroatoms. The van der Waals surface area contributed by atoms with Crippen molar-refractivity contribution < 1.29 is 18.8 Å². The molecule has 0 bridgehead atoms. The molecule has 2 N–H and O–H groups in total. The van der Waals surface area contributed by atoms with Gasteiger partial charge in [-0.3, -0.25) is 14.5 Å². The highest BCUT2D eigenvalue weighted by Crippen LogP contribution is 2.30. The summed E-state index contributed by atoms with van der Waals surface area (Å²) in [6, 6.07) is 12.1. The zero-order valence-electron chi connectivity index (χ0n) is 13.8. The fraction of sp³-hybridized carbons (Fsp3) is 0.167. The second kappa shape index (κ2) is 7.02. The smallest absolute Gasteiger partial charge is 0.324 e. The largest absolute Gasteiger partial charge is 0.325 e. The van der Waals surface area contributed by atoms with Gasteiger partial charge in [0.2, 0.25) is 5.91 Å². The van der Waals surface area contributed by atoms with Gasteiger partial charge in [-0.25, -0.2) is 9.18 Å². The van der Waals surface area contributed by atoms with E-state index in [0.29, 0.717) is 5.69 Å². The maximum Gasteiger partial charge on any atom is 0.325 e. The number of hydrogen-bond acceptors (Lipinski definition) is 3. The molecule has 134 valence electrons. The zero-order valence-corrected chi connectivity index (χ0v) is 15.9. The quantitative estimate of drug-likeness (QED) is 0.537. The Morgan fingerprint density at radius 1 is 1.19 bits per heavy atom. The van der Waals surface area contributed by atoms with Gasteiger partial charge in [0.15, 0.2) is 0 Å². The average molecular weight is 467 g/mol. The van der Waals surface area contributed by atoms with Crippen LogP contribution in [0.15, 0.2) is 48.5 Å². The molecular weight excluding hydrogens is 452 g/mol. The van der Waals surface area contributed by atoms with Gasteiger partial charge in [0, 0.05) is 9.13 Å². The molecule has 1 saturated heterocycles. The third-order valence-electron chi connectivity index (χ3n) is 4.14. The third-order valence-corrected chi connectivity index (χ3v) is 5.08. The van der Waals surface area contributed by atoms with Crippen LogP contribution < -0.4 is 10.6 Å². The minimum Gasteiger partial charge on any atom is -0.324 e. The van der Waals surface area contributed by atoms with Crippen molar-refractivity contribution in [2.75, 3.05) is 11.9 Å². The fourth-order valence-electron chi connectivity index (χ4n) is 2.79. The van der Waals surface area contributed by atoms with Crippen LogP contribution in [0.2, 0.25) is 0 Å². The number of nitrogens with zero attached hydrogens (tertiary/aromatic N) is 1. The Hall–Kier alpha value is -2.49. The fourth-order valence-corrected chi connectivity index (χ4v) is 3.31. The van der Waals surface area contributed by atoms with Crippen molar-refractivity contribution in [3.8, 4) is 0 Å². The molecule has 4 amide bonds. The number of amides is 4. The second-order valence-corrected chi connectivity index (χ2v) is 7.12. The number of halogens is 2. The molecule has 26 heavy (non-hydrogen) atoms. The van der Waals surface area contributed by atoms with Crippen LogP contribution in [-0.4, -0.2) is 29.3 Å². The standard InChI is InChI=1S/C18H15FIN3O3/c1-18(11-6-2-3-7-12(11)19)16(25)23(17(26)22-18)10-15(24)21-14-9-5-4-8-13(14)20/h2-9H,10H2,1H3,(H,21,24)(H,22,26). The van der Waals surface area contributed by atoms with Gasteiger partial charge >= 0.3 is 6.03 Å². The molecule has 1 unspecified atom stereocenters. The summed E-state index contributed by atoms with van der Waals surface area (Å²) in [6.07, 6.45) is 0. The van der Waals surface area contributed by atoms with Gasteiger partial charge in [-0.05, 0) is 47.7 Å². The van der Waals surface area contributed by atoms with Gasteiger partial charge in [-0.2, -0.15) is 0 Å². The molecule has 0 radical (unpaired) electrons. The Balaban J connectivity index is 1.78. The first-order chi connectivity index (χ1) is 12.3. The van der Waals surface area contributed by atoms with Gasteiger partial charge in [0.25, 0.3) is 5.91 Å². The topological polar surface area (TPSA) is 78.5 Å². The lowest BCUT2D eigenvalue weighted by atomic mass is 9.91. The normalized spacial score (nSPS) is 19.4. The Bertz CT molecular complexity index is 905. The van der Waals surface area contributed by atoms with Gasteiger partial charge in [-0.1, -0.05) is 30.3 Å². The molecule has 1 aliphatic heterocycles. The first-order valence-electron chi connectivity index (χ1n) is 7.76. The molecule has 2 aromatic rings. The molecule has 2 aromatic carbocycles. The molecule has 3 rings (SSSR count). The number of nitrogens with one attached hydrogen (secondary N) is 2. The van der Waals surface area contributed by atoms with Crippen LogP contribution in [0.4, 0.5) is 14.9 Å². The van der Waals surface area contributed by atoms with Gasteiger partial charge in [0.05, 0.1) is 5.69 Å². The summed E-state index contributed by atoms with van der Waals surface area (Å²) < 4.78 is 14.9. The molecule has 1 atom stereocenters. The van der Waals surface area contributed by atoms with Gasteiger partial charge in [0.1, 0.15) is 17.9 Å². The number of imide groups is 1. The van der Waals surface area contributed by atoms with E-state index in [1.807, 2.05) is 12.1 Å². The third kappa shape index (κ3) is 3.28. The molecule has 0 spiro atoms. The highest BCUT2D eigenvalue weighted by atomic mass is 127. The SMILES string of the molecule is CC1(c2ccccc2F)NC(=O)N(CC(=O)Nc2ccccc2I)C1=O. The van der Waals surface area contributed by atoms with Crippen molar-refractivity contribution >= 4 is 46.1 Å². The van der Waals surface area contributed by atoms with Gasteiger partial charge in [-0.15, -0.1) is 0 Å². The maximum absolute atomic E-state index is 14.1.